The van der Waals surface area contributed by atoms with Crippen LogP contribution in [0.25, 0.3) is 0 Å². The van der Waals surface area contributed by atoms with Crippen molar-refractivity contribution in [1.82, 2.24) is 4.31 Å². The normalized spacial score (nSPS) is 13.2. The molecule has 0 aromatic heterocycles. The molecule has 0 spiro atoms. The number of hydrogen-bond donors (Lipinski definition) is 0. The van der Waals surface area contributed by atoms with Crippen LogP contribution in [0.1, 0.15) is 36.6 Å². The van der Waals surface area contributed by atoms with E-state index in [0.29, 0.717) is 27.1 Å². The lowest BCUT2D eigenvalue weighted by molar-refractivity contribution is 0.0599. The fourth-order valence-electron chi connectivity index (χ4n) is 2.39. The molecule has 0 radical (unpaired) electrons. The molecule has 6 heteroatoms. The summed E-state index contributed by atoms with van der Waals surface area (Å²) < 4.78 is 5.86. The number of esters is 1. The number of imide groups is 1. The second kappa shape index (κ2) is 5.89. The smallest absolute Gasteiger partial charge is 0.338 e. The summed E-state index contributed by atoms with van der Waals surface area (Å²) in [5.41, 5.74) is 1.87. The van der Waals surface area contributed by atoms with Gasteiger partial charge < -0.3 is 4.74 Å². The van der Waals surface area contributed by atoms with Crippen molar-refractivity contribution in [1.29, 1.82) is 0 Å². The summed E-state index contributed by atoms with van der Waals surface area (Å²) in [7, 11) is 1.31. The lowest BCUT2D eigenvalue weighted by Crippen LogP contribution is -2.22. The van der Waals surface area contributed by atoms with Crippen LogP contribution in [0.3, 0.4) is 0 Å². The van der Waals surface area contributed by atoms with Crippen molar-refractivity contribution >= 4 is 29.7 Å². The molecule has 0 fully saturated rings. The van der Waals surface area contributed by atoms with Crippen LogP contribution < -0.4 is 0 Å². The van der Waals surface area contributed by atoms with E-state index in [-0.39, 0.29) is 11.8 Å². The predicted molar refractivity (Wildman–Crippen MR) is 85.3 cm³/mol. The summed E-state index contributed by atoms with van der Waals surface area (Å²) in [5.74, 6) is -1.15. The SMILES string of the molecule is COC(=O)c1cccc(SN2C(=O)c3ccccc3C2=O)c1C. The average molecular weight is 327 g/mol. The van der Waals surface area contributed by atoms with Crippen molar-refractivity contribution in [2.45, 2.75) is 11.8 Å². The van der Waals surface area contributed by atoms with Crippen molar-refractivity contribution in [3.05, 3.63) is 64.7 Å². The molecule has 1 aliphatic rings. The van der Waals surface area contributed by atoms with Crippen LogP contribution in [0.5, 0.6) is 0 Å². The van der Waals surface area contributed by atoms with Crippen LogP contribution in [0, 0.1) is 6.92 Å². The zero-order chi connectivity index (χ0) is 16.6. The van der Waals surface area contributed by atoms with E-state index in [2.05, 4.69) is 0 Å². The third-order valence-corrected chi connectivity index (χ3v) is 4.79. The van der Waals surface area contributed by atoms with Gasteiger partial charge in [-0.1, -0.05) is 18.2 Å². The Morgan fingerprint density at radius 1 is 1.00 bits per heavy atom. The van der Waals surface area contributed by atoms with E-state index in [4.69, 9.17) is 4.74 Å². The van der Waals surface area contributed by atoms with Gasteiger partial charge in [0.15, 0.2) is 0 Å². The van der Waals surface area contributed by atoms with E-state index < -0.39 is 5.97 Å². The molecule has 0 bridgehead atoms. The Kier molecular flexibility index (Phi) is 3.92. The first-order valence-electron chi connectivity index (χ1n) is 6.88. The van der Waals surface area contributed by atoms with Crippen LogP contribution >= 0.6 is 11.9 Å². The van der Waals surface area contributed by atoms with Crippen molar-refractivity contribution in [2.75, 3.05) is 7.11 Å². The maximum atomic E-state index is 12.4. The molecule has 0 saturated heterocycles. The lowest BCUT2D eigenvalue weighted by Gasteiger charge is -2.15. The summed E-state index contributed by atoms with van der Waals surface area (Å²) in [6.45, 7) is 1.76. The molecule has 2 amide bonds. The predicted octanol–water partition coefficient (Wildman–Crippen LogP) is 3.08. The molecule has 2 aromatic rings. The molecule has 3 rings (SSSR count). The molecule has 5 nitrogen and oxygen atoms in total. The van der Waals surface area contributed by atoms with Crippen molar-refractivity contribution in [3.8, 4) is 0 Å². The molecule has 23 heavy (non-hydrogen) atoms. The Hall–Kier alpha value is -2.60. The van der Waals surface area contributed by atoms with Gasteiger partial charge in [-0.15, -0.1) is 0 Å². The van der Waals surface area contributed by atoms with Crippen molar-refractivity contribution in [2.24, 2.45) is 0 Å². The maximum Gasteiger partial charge on any atom is 0.338 e. The second-order valence-electron chi connectivity index (χ2n) is 4.96. The third kappa shape index (κ3) is 2.51. The number of nitrogens with zero attached hydrogens (tertiary/aromatic N) is 1. The minimum Gasteiger partial charge on any atom is -0.465 e. The van der Waals surface area contributed by atoms with Crippen LogP contribution in [-0.4, -0.2) is 29.2 Å². The highest BCUT2D eigenvalue weighted by molar-refractivity contribution is 7.98. The summed E-state index contributed by atoms with van der Waals surface area (Å²) >= 11 is 1.02. The number of methoxy groups -OCH3 is 1. The minimum atomic E-state index is -0.452. The first-order valence-corrected chi connectivity index (χ1v) is 7.65. The molecule has 0 N–H and O–H groups in total. The van der Waals surface area contributed by atoms with Gasteiger partial charge in [-0.05, 0) is 48.7 Å². The highest BCUT2D eigenvalue weighted by Gasteiger charge is 2.36. The zero-order valence-corrected chi connectivity index (χ0v) is 13.3. The van der Waals surface area contributed by atoms with E-state index in [1.54, 1.807) is 49.4 Å². The lowest BCUT2D eigenvalue weighted by atomic mass is 10.1. The van der Waals surface area contributed by atoms with Gasteiger partial charge in [-0.3, -0.25) is 9.59 Å². The van der Waals surface area contributed by atoms with Gasteiger partial charge in [0.25, 0.3) is 11.8 Å². The molecular weight excluding hydrogens is 314 g/mol. The molecule has 0 saturated carbocycles. The van der Waals surface area contributed by atoms with Crippen LogP contribution in [-0.2, 0) is 4.74 Å². The minimum absolute atomic E-state index is 0.349. The van der Waals surface area contributed by atoms with Gasteiger partial charge in [-0.25, -0.2) is 9.10 Å². The maximum absolute atomic E-state index is 12.4. The van der Waals surface area contributed by atoms with Gasteiger partial charge in [0, 0.05) is 4.90 Å². The van der Waals surface area contributed by atoms with E-state index in [1.807, 2.05) is 0 Å². The second-order valence-corrected chi connectivity index (χ2v) is 5.95. The summed E-state index contributed by atoms with van der Waals surface area (Å²) in [5, 5.41) is 0. The highest BCUT2D eigenvalue weighted by Crippen LogP contribution is 2.35. The topological polar surface area (TPSA) is 63.7 Å². The quantitative estimate of drug-likeness (QED) is 0.492. The molecule has 0 unspecified atom stereocenters. The first-order chi connectivity index (χ1) is 11.0. The van der Waals surface area contributed by atoms with E-state index in [0.717, 1.165) is 16.3 Å². The number of hydrogen-bond acceptors (Lipinski definition) is 5. The van der Waals surface area contributed by atoms with Crippen LogP contribution in [0.4, 0.5) is 0 Å². The fraction of sp³-hybridized carbons (Fsp3) is 0.118. The number of ether oxygens (including phenoxy) is 1. The molecule has 1 aliphatic heterocycles. The molecule has 1 heterocycles. The highest BCUT2D eigenvalue weighted by atomic mass is 32.2. The molecular formula is C17H13NO4S. The van der Waals surface area contributed by atoms with Crippen LogP contribution in [0.15, 0.2) is 47.4 Å². The van der Waals surface area contributed by atoms with Crippen molar-refractivity contribution in [3.63, 3.8) is 0 Å². The van der Waals surface area contributed by atoms with Gasteiger partial charge in [0.05, 0.1) is 23.8 Å². The number of fused-ring (bicyclic) bond motifs is 1. The van der Waals surface area contributed by atoms with E-state index in [9.17, 15) is 14.4 Å². The van der Waals surface area contributed by atoms with Gasteiger partial charge in [-0.2, -0.15) is 0 Å². The Morgan fingerprint density at radius 3 is 2.17 bits per heavy atom. The standard InChI is InChI=1S/C17H13NO4S/c1-10-11(17(21)22-2)8-5-9-14(10)23-18-15(19)12-6-3-4-7-13(12)16(18)20/h3-9H,1-2H3. The number of amides is 2. The summed E-state index contributed by atoms with van der Waals surface area (Å²) in [6.07, 6.45) is 0. The molecule has 0 aliphatic carbocycles. The first kappa shape index (κ1) is 15.3. The Morgan fingerprint density at radius 2 is 1.61 bits per heavy atom. The van der Waals surface area contributed by atoms with Gasteiger partial charge in [0.1, 0.15) is 0 Å². The van der Waals surface area contributed by atoms with E-state index >= 15 is 0 Å². The largest absolute Gasteiger partial charge is 0.465 e. The molecule has 0 atom stereocenters. The average Bonchev–Trinajstić information content (AvgIpc) is 2.81. The summed E-state index contributed by atoms with van der Waals surface area (Å²) in [4.78, 5) is 37.2. The zero-order valence-electron chi connectivity index (χ0n) is 12.5. The fourth-order valence-corrected chi connectivity index (χ4v) is 3.34. The number of carbonyl (C=O) groups excluding carboxylic acids is 3. The molecule has 2 aromatic carbocycles. The molecule has 116 valence electrons. The van der Waals surface area contributed by atoms with Crippen molar-refractivity contribution < 1.29 is 19.1 Å². The third-order valence-electron chi connectivity index (χ3n) is 3.64. The Balaban J connectivity index is 1.94. The van der Waals surface area contributed by atoms with E-state index in [1.165, 1.54) is 7.11 Å². The number of benzene rings is 2. The monoisotopic (exact) mass is 327 g/mol. The van der Waals surface area contributed by atoms with Gasteiger partial charge in [0.2, 0.25) is 0 Å². The number of rotatable bonds is 3. The number of carbonyl (C=O) groups is 3. The van der Waals surface area contributed by atoms with Gasteiger partial charge >= 0.3 is 5.97 Å². The van der Waals surface area contributed by atoms with Crippen LogP contribution in [0.2, 0.25) is 0 Å². The Labute approximate surface area is 137 Å². The Bertz CT molecular complexity index is 796. The summed E-state index contributed by atoms with van der Waals surface area (Å²) in [6, 6.07) is 11.8.